The third-order valence-electron chi connectivity index (χ3n) is 2.79. The molecule has 0 bridgehead atoms. The summed E-state index contributed by atoms with van der Waals surface area (Å²) in [6.45, 7) is 0. The minimum absolute atomic E-state index is 0.141. The van der Waals surface area contributed by atoms with E-state index in [1.165, 1.54) is 6.07 Å². The van der Waals surface area contributed by atoms with Crippen molar-refractivity contribution in [2.75, 3.05) is 0 Å². The van der Waals surface area contributed by atoms with E-state index in [1.807, 2.05) is 6.07 Å². The first-order valence-electron chi connectivity index (χ1n) is 4.77. The van der Waals surface area contributed by atoms with Crippen LogP contribution in [0.25, 0.3) is 0 Å². The monoisotopic (exact) mass is 179 g/mol. The van der Waals surface area contributed by atoms with Gasteiger partial charge in [0.15, 0.2) is 0 Å². The number of hydrogen-bond acceptors (Lipinski definition) is 1. The van der Waals surface area contributed by atoms with E-state index in [2.05, 4.69) is 0 Å². The van der Waals surface area contributed by atoms with Crippen molar-refractivity contribution in [2.45, 2.75) is 31.2 Å². The first kappa shape index (κ1) is 8.70. The first-order valence-corrected chi connectivity index (χ1v) is 4.77. The lowest BCUT2D eigenvalue weighted by atomic mass is 9.97. The maximum atomic E-state index is 12.9. The Balaban J connectivity index is 2.16. The van der Waals surface area contributed by atoms with Crippen molar-refractivity contribution in [2.24, 2.45) is 5.73 Å². The lowest BCUT2D eigenvalue weighted by Gasteiger charge is -2.09. The molecule has 2 rings (SSSR count). The normalized spacial score (nSPS) is 27.8. The van der Waals surface area contributed by atoms with Gasteiger partial charge in [-0.3, -0.25) is 0 Å². The Hall–Kier alpha value is -0.890. The van der Waals surface area contributed by atoms with Crippen LogP contribution in [-0.4, -0.2) is 6.04 Å². The molecule has 1 aliphatic rings. The second-order valence-electron chi connectivity index (χ2n) is 3.83. The minimum atomic E-state index is -0.141. The highest BCUT2D eigenvalue weighted by molar-refractivity contribution is 5.22. The molecule has 1 saturated carbocycles. The lowest BCUT2D eigenvalue weighted by Crippen LogP contribution is -2.14. The Morgan fingerprint density at radius 1 is 1.31 bits per heavy atom. The van der Waals surface area contributed by atoms with Crippen LogP contribution in [0.5, 0.6) is 0 Å². The van der Waals surface area contributed by atoms with Gasteiger partial charge in [0.1, 0.15) is 5.82 Å². The van der Waals surface area contributed by atoms with E-state index in [9.17, 15) is 4.39 Å². The van der Waals surface area contributed by atoms with Crippen LogP contribution in [0.4, 0.5) is 4.39 Å². The fraction of sp³-hybridized carbons (Fsp3) is 0.455. The molecule has 0 aromatic heterocycles. The molecular weight excluding hydrogens is 165 g/mol. The molecule has 70 valence electrons. The Labute approximate surface area is 77.8 Å². The molecule has 0 spiro atoms. The highest BCUT2D eigenvalue weighted by atomic mass is 19.1. The SMILES string of the molecule is N[C@H]1CC[C@H](c2cccc(F)c2)C1. The van der Waals surface area contributed by atoms with E-state index >= 15 is 0 Å². The van der Waals surface area contributed by atoms with Crippen LogP contribution >= 0.6 is 0 Å². The summed E-state index contributed by atoms with van der Waals surface area (Å²) in [5.74, 6) is 0.337. The summed E-state index contributed by atoms with van der Waals surface area (Å²) in [6, 6.07) is 7.19. The molecule has 2 N–H and O–H groups in total. The van der Waals surface area contributed by atoms with E-state index in [4.69, 9.17) is 5.73 Å². The summed E-state index contributed by atoms with van der Waals surface area (Å²) >= 11 is 0. The van der Waals surface area contributed by atoms with Gasteiger partial charge >= 0.3 is 0 Å². The summed E-state index contributed by atoms with van der Waals surface area (Å²) in [4.78, 5) is 0. The number of hydrogen-bond donors (Lipinski definition) is 1. The lowest BCUT2D eigenvalue weighted by molar-refractivity contribution is 0.616. The van der Waals surface area contributed by atoms with Gasteiger partial charge in [0.25, 0.3) is 0 Å². The molecule has 1 fully saturated rings. The molecule has 2 atom stereocenters. The van der Waals surface area contributed by atoms with Crippen molar-refractivity contribution in [3.05, 3.63) is 35.6 Å². The quantitative estimate of drug-likeness (QED) is 0.704. The third-order valence-corrected chi connectivity index (χ3v) is 2.79. The van der Waals surface area contributed by atoms with Gasteiger partial charge in [-0.05, 0) is 42.9 Å². The predicted molar refractivity (Wildman–Crippen MR) is 51.0 cm³/mol. The number of benzene rings is 1. The number of halogens is 1. The van der Waals surface area contributed by atoms with Crippen molar-refractivity contribution < 1.29 is 4.39 Å². The first-order chi connectivity index (χ1) is 6.25. The number of nitrogens with two attached hydrogens (primary N) is 1. The largest absolute Gasteiger partial charge is 0.328 e. The molecule has 0 saturated heterocycles. The molecule has 1 nitrogen and oxygen atoms in total. The van der Waals surface area contributed by atoms with E-state index in [1.54, 1.807) is 12.1 Å². The summed E-state index contributed by atoms with van der Waals surface area (Å²) in [5.41, 5.74) is 6.91. The topological polar surface area (TPSA) is 26.0 Å². The van der Waals surface area contributed by atoms with Crippen LogP contribution < -0.4 is 5.73 Å². The standard InChI is InChI=1S/C11H14FN/c12-10-3-1-2-8(6-10)9-4-5-11(13)7-9/h1-3,6,9,11H,4-5,7,13H2/t9-,11-/m0/s1. The van der Waals surface area contributed by atoms with Gasteiger partial charge in [0, 0.05) is 6.04 Å². The predicted octanol–water partition coefficient (Wildman–Crippen LogP) is 2.42. The van der Waals surface area contributed by atoms with Crippen molar-refractivity contribution in [3.63, 3.8) is 0 Å². The maximum Gasteiger partial charge on any atom is 0.123 e. The zero-order valence-electron chi connectivity index (χ0n) is 7.54. The van der Waals surface area contributed by atoms with E-state index < -0.39 is 0 Å². The minimum Gasteiger partial charge on any atom is -0.328 e. The van der Waals surface area contributed by atoms with Crippen molar-refractivity contribution in [3.8, 4) is 0 Å². The molecular formula is C11H14FN. The second kappa shape index (κ2) is 3.46. The molecule has 2 heteroatoms. The highest BCUT2D eigenvalue weighted by Gasteiger charge is 2.22. The smallest absolute Gasteiger partial charge is 0.123 e. The summed E-state index contributed by atoms with van der Waals surface area (Å²) in [7, 11) is 0. The molecule has 0 unspecified atom stereocenters. The highest BCUT2D eigenvalue weighted by Crippen LogP contribution is 2.33. The molecule has 1 aromatic carbocycles. The number of rotatable bonds is 1. The van der Waals surface area contributed by atoms with Crippen LogP contribution in [-0.2, 0) is 0 Å². The van der Waals surface area contributed by atoms with Crippen molar-refractivity contribution in [1.82, 2.24) is 0 Å². The third kappa shape index (κ3) is 1.89. The van der Waals surface area contributed by atoms with Crippen LogP contribution in [0.3, 0.4) is 0 Å². The Morgan fingerprint density at radius 2 is 2.15 bits per heavy atom. The Bertz CT molecular complexity index is 298. The zero-order valence-corrected chi connectivity index (χ0v) is 7.54. The van der Waals surface area contributed by atoms with Gasteiger partial charge in [-0.15, -0.1) is 0 Å². The Morgan fingerprint density at radius 3 is 2.77 bits per heavy atom. The van der Waals surface area contributed by atoms with Gasteiger partial charge in [-0.1, -0.05) is 12.1 Å². The van der Waals surface area contributed by atoms with E-state index in [0.717, 1.165) is 24.8 Å². The van der Waals surface area contributed by atoms with Crippen LogP contribution in [0.2, 0.25) is 0 Å². The molecule has 1 aromatic rings. The van der Waals surface area contributed by atoms with Crippen molar-refractivity contribution in [1.29, 1.82) is 0 Å². The molecule has 1 aliphatic carbocycles. The van der Waals surface area contributed by atoms with Crippen LogP contribution in [0, 0.1) is 5.82 Å². The van der Waals surface area contributed by atoms with Gasteiger partial charge in [0.2, 0.25) is 0 Å². The maximum absolute atomic E-state index is 12.9. The fourth-order valence-electron chi connectivity index (χ4n) is 2.08. The fourth-order valence-corrected chi connectivity index (χ4v) is 2.08. The summed E-state index contributed by atoms with van der Waals surface area (Å²) in [5, 5.41) is 0. The van der Waals surface area contributed by atoms with E-state index in [0.29, 0.717) is 12.0 Å². The summed E-state index contributed by atoms with van der Waals surface area (Å²) in [6.07, 6.45) is 3.18. The van der Waals surface area contributed by atoms with E-state index in [-0.39, 0.29) is 5.82 Å². The van der Waals surface area contributed by atoms with Gasteiger partial charge in [0.05, 0.1) is 0 Å². The van der Waals surface area contributed by atoms with Gasteiger partial charge in [-0.25, -0.2) is 4.39 Å². The van der Waals surface area contributed by atoms with Crippen molar-refractivity contribution >= 4 is 0 Å². The van der Waals surface area contributed by atoms with Crippen LogP contribution in [0.15, 0.2) is 24.3 Å². The molecule has 0 heterocycles. The Kier molecular flexibility index (Phi) is 2.32. The van der Waals surface area contributed by atoms with Gasteiger partial charge < -0.3 is 5.73 Å². The van der Waals surface area contributed by atoms with Gasteiger partial charge in [-0.2, -0.15) is 0 Å². The average molecular weight is 179 g/mol. The molecule has 0 amide bonds. The molecule has 13 heavy (non-hydrogen) atoms. The second-order valence-corrected chi connectivity index (χ2v) is 3.83. The molecule has 0 radical (unpaired) electrons. The zero-order chi connectivity index (χ0) is 9.26. The van der Waals surface area contributed by atoms with Crippen LogP contribution in [0.1, 0.15) is 30.7 Å². The summed E-state index contributed by atoms with van der Waals surface area (Å²) < 4.78 is 12.9. The molecule has 0 aliphatic heterocycles. The average Bonchev–Trinajstić information content (AvgIpc) is 2.52.